The number of benzene rings is 1. The van der Waals surface area contributed by atoms with Gasteiger partial charge in [-0.2, -0.15) is 0 Å². The summed E-state index contributed by atoms with van der Waals surface area (Å²) in [4.78, 5) is 12.0. The van der Waals surface area contributed by atoms with E-state index in [0.29, 0.717) is 0 Å². The summed E-state index contributed by atoms with van der Waals surface area (Å²) in [6.07, 6.45) is 5.97. The van der Waals surface area contributed by atoms with Gasteiger partial charge in [0.05, 0.1) is 5.92 Å². The average Bonchev–Trinajstić information content (AvgIpc) is 3.08. The highest BCUT2D eigenvalue weighted by Gasteiger charge is 2.44. The molecule has 0 radical (unpaired) electrons. The highest BCUT2D eigenvalue weighted by atomic mass is 35.5. The predicted molar refractivity (Wildman–Crippen MR) is 81.2 cm³/mol. The Morgan fingerprint density at radius 3 is 3.20 bits per heavy atom. The molecule has 4 rings (SSSR count). The zero-order valence-corrected chi connectivity index (χ0v) is 12.3. The fourth-order valence-corrected chi connectivity index (χ4v) is 4.49. The fourth-order valence-electron chi connectivity index (χ4n) is 3.24. The maximum atomic E-state index is 12.0. The Morgan fingerprint density at radius 2 is 2.30 bits per heavy atom. The van der Waals surface area contributed by atoms with Crippen LogP contribution >= 0.6 is 22.9 Å². The van der Waals surface area contributed by atoms with Crippen LogP contribution in [0.1, 0.15) is 12.0 Å². The normalized spacial score (nSPS) is 28.1. The van der Waals surface area contributed by atoms with Crippen LogP contribution in [0.25, 0.3) is 10.1 Å². The average molecular weight is 305 g/mol. The summed E-state index contributed by atoms with van der Waals surface area (Å²) in [7, 11) is 0. The van der Waals surface area contributed by atoms with Gasteiger partial charge in [0.25, 0.3) is 0 Å². The summed E-state index contributed by atoms with van der Waals surface area (Å²) in [5, 5.41) is 4.10. The molecule has 2 nitrogen and oxygen atoms in total. The maximum Gasteiger partial charge on any atom is 0.310 e. The van der Waals surface area contributed by atoms with Gasteiger partial charge >= 0.3 is 5.97 Å². The summed E-state index contributed by atoms with van der Waals surface area (Å²) in [6, 6.07) is 5.94. The monoisotopic (exact) mass is 304 g/mol. The van der Waals surface area contributed by atoms with Crippen LogP contribution in [0.5, 0.6) is 0 Å². The lowest BCUT2D eigenvalue weighted by atomic mass is 9.87. The van der Waals surface area contributed by atoms with Crippen molar-refractivity contribution in [2.45, 2.75) is 18.9 Å². The summed E-state index contributed by atoms with van der Waals surface area (Å²) in [5.74, 6) is 0.176. The first-order chi connectivity index (χ1) is 9.72. The van der Waals surface area contributed by atoms with Crippen molar-refractivity contribution in [2.24, 2.45) is 11.8 Å². The van der Waals surface area contributed by atoms with E-state index >= 15 is 0 Å². The van der Waals surface area contributed by atoms with Gasteiger partial charge in [-0.1, -0.05) is 29.8 Å². The van der Waals surface area contributed by atoms with Gasteiger partial charge in [0, 0.05) is 22.1 Å². The molecule has 4 heteroatoms. The van der Waals surface area contributed by atoms with Crippen LogP contribution in [0.15, 0.2) is 35.7 Å². The third-order valence-electron chi connectivity index (χ3n) is 4.25. The molecule has 102 valence electrons. The maximum absolute atomic E-state index is 12.0. The zero-order chi connectivity index (χ0) is 13.7. The molecule has 3 unspecified atom stereocenters. The van der Waals surface area contributed by atoms with Gasteiger partial charge in [0.1, 0.15) is 6.10 Å². The molecule has 20 heavy (non-hydrogen) atoms. The Balaban J connectivity index is 1.67. The lowest BCUT2D eigenvalue weighted by Crippen LogP contribution is -2.18. The molecule has 0 bridgehead atoms. The number of rotatable bonds is 2. The first-order valence-electron chi connectivity index (χ1n) is 6.75. The molecular weight excluding hydrogens is 292 g/mol. The number of ether oxygens (including phenoxy) is 1. The third-order valence-corrected chi connectivity index (χ3v) is 5.48. The van der Waals surface area contributed by atoms with Crippen LogP contribution in [-0.2, 0) is 16.0 Å². The van der Waals surface area contributed by atoms with E-state index in [4.69, 9.17) is 16.3 Å². The molecule has 1 saturated heterocycles. The quantitative estimate of drug-likeness (QED) is 0.613. The number of hydrogen-bond donors (Lipinski definition) is 0. The van der Waals surface area contributed by atoms with Crippen LogP contribution in [0, 0.1) is 11.8 Å². The molecule has 2 aliphatic rings. The van der Waals surface area contributed by atoms with E-state index in [0.717, 1.165) is 17.9 Å². The first-order valence-corrected chi connectivity index (χ1v) is 8.01. The third kappa shape index (κ3) is 1.88. The van der Waals surface area contributed by atoms with Crippen LogP contribution in [0.2, 0.25) is 5.02 Å². The van der Waals surface area contributed by atoms with Gasteiger partial charge in [-0.15, -0.1) is 11.3 Å². The number of halogens is 1. The van der Waals surface area contributed by atoms with Crippen LogP contribution in [0.3, 0.4) is 0 Å². The molecule has 0 amide bonds. The zero-order valence-electron chi connectivity index (χ0n) is 10.7. The second kappa shape index (κ2) is 4.61. The van der Waals surface area contributed by atoms with Gasteiger partial charge < -0.3 is 4.74 Å². The molecule has 1 fully saturated rings. The molecule has 1 aromatic carbocycles. The molecule has 2 aromatic rings. The highest BCUT2D eigenvalue weighted by Crippen LogP contribution is 2.39. The van der Waals surface area contributed by atoms with Crippen LogP contribution in [0.4, 0.5) is 0 Å². The molecule has 2 heterocycles. The summed E-state index contributed by atoms with van der Waals surface area (Å²) >= 11 is 7.70. The van der Waals surface area contributed by atoms with Crippen molar-refractivity contribution in [3.05, 3.63) is 46.3 Å². The molecule has 1 aromatic heterocycles. The lowest BCUT2D eigenvalue weighted by Gasteiger charge is -2.11. The number of carbonyl (C=O) groups is 1. The minimum Gasteiger partial charge on any atom is -0.461 e. The van der Waals surface area contributed by atoms with Crippen molar-refractivity contribution in [1.29, 1.82) is 0 Å². The number of thiophene rings is 1. The number of hydrogen-bond acceptors (Lipinski definition) is 3. The van der Waals surface area contributed by atoms with Gasteiger partial charge in [-0.3, -0.25) is 4.79 Å². The molecule has 0 N–H and O–H groups in total. The van der Waals surface area contributed by atoms with Crippen LogP contribution in [-0.4, -0.2) is 12.1 Å². The van der Waals surface area contributed by atoms with Gasteiger partial charge in [-0.25, -0.2) is 0 Å². The Kier molecular flexibility index (Phi) is 2.86. The Bertz CT molecular complexity index is 718. The van der Waals surface area contributed by atoms with Crippen molar-refractivity contribution >= 4 is 39.0 Å². The minimum atomic E-state index is -0.0438. The molecule has 1 aliphatic carbocycles. The van der Waals surface area contributed by atoms with Gasteiger partial charge in [-0.05, 0) is 34.9 Å². The van der Waals surface area contributed by atoms with E-state index in [2.05, 4.69) is 17.5 Å². The first kappa shape index (κ1) is 12.4. The second-order valence-corrected chi connectivity index (χ2v) is 6.78. The minimum absolute atomic E-state index is 0.0350. The second-order valence-electron chi connectivity index (χ2n) is 5.43. The van der Waals surface area contributed by atoms with Gasteiger partial charge in [0.2, 0.25) is 0 Å². The Morgan fingerprint density at radius 1 is 1.40 bits per heavy atom. The lowest BCUT2D eigenvalue weighted by molar-refractivity contribution is -0.144. The summed E-state index contributed by atoms with van der Waals surface area (Å²) in [5.41, 5.74) is 1.23. The van der Waals surface area contributed by atoms with E-state index in [9.17, 15) is 4.79 Å². The van der Waals surface area contributed by atoms with E-state index in [1.54, 1.807) is 11.3 Å². The molecule has 0 saturated carbocycles. The fraction of sp³-hybridized carbons (Fsp3) is 0.312. The van der Waals surface area contributed by atoms with Gasteiger partial charge in [0.15, 0.2) is 0 Å². The molecule has 3 atom stereocenters. The molecule has 1 aliphatic heterocycles. The molecular formula is C16H13ClO2S. The van der Waals surface area contributed by atoms with E-state index in [1.807, 2.05) is 18.2 Å². The Labute approximate surface area is 126 Å². The van der Waals surface area contributed by atoms with Crippen LogP contribution < -0.4 is 0 Å². The predicted octanol–water partition coefficient (Wildman–Crippen LogP) is 4.21. The van der Waals surface area contributed by atoms with E-state index in [1.165, 1.54) is 15.6 Å². The Hall–Kier alpha value is -1.32. The highest BCUT2D eigenvalue weighted by molar-refractivity contribution is 7.17. The smallest absolute Gasteiger partial charge is 0.310 e. The number of esters is 1. The summed E-state index contributed by atoms with van der Waals surface area (Å²) < 4.78 is 6.64. The van der Waals surface area contributed by atoms with Crippen molar-refractivity contribution in [1.82, 2.24) is 0 Å². The largest absolute Gasteiger partial charge is 0.461 e. The van der Waals surface area contributed by atoms with E-state index < -0.39 is 0 Å². The van der Waals surface area contributed by atoms with Crippen molar-refractivity contribution in [3.63, 3.8) is 0 Å². The SMILES string of the molecule is O=C1OC2CC=CC2C1Cc1csc2cc(Cl)ccc12. The van der Waals surface area contributed by atoms with Crippen molar-refractivity contribution in [3.8, 4) is 0 Å². The number of carbonyl (C=O) groups excluding carboxylic acids is 1. The molecule has 0 spiro atoms. The number of fused-ring (bicyclic) bond motifs is 2. The standard InChI is InChI=1S/C16H13ClO2S/c17-10-4-5-11-9(8-20-15(11)7-10)6-13-12-2-1-3-14(12)19-16(13)18/h1-2,4-5,7-8,12-14H,3,6H2. The van der Waals surface area contributed by atoms with E-state index in [-0.39, 0.29) is 23.9 Å². The van der Waals surface area contributed by atoms with Crippen molar-refractivity contribution in [2.75, 3.05) is 0 Å². The topological polar surface area (TPSA) is 26.3 Å². The van der Waals surface area contributed by atoms with Crippen molar-refractivity contribution < 1.29 is 9.53 Å². The summed E-state index contributed by atoms with van der Waals surface area (Å²) in [6.45, 7) is 0.